The van der Waals surface area contributed by atoms with Crippen LogP contribution < -0.4 is 0 Å². The third-order valence-electron chi connectivity index (χ3n) is 8.88. The van der Waals surface area contributed by atoms with E-state index < -0.39 is 23.3 Å². The molecule has 0 fully saturated rings. The smallest absolute Gasteiger partial charge is 0.132 e. The largest absolute Gasteiger partial charge is 0.308 e. The summed E-state index contributed by atoms with van der Waals surface area (Å²) in [5.74, 6) is -1.91. The molecule has 0 aliphatic rings. The Bertz CT molecular complexity index is 2300. The van der Waals surface area contributed by atoms with Crippen LogP contribution in [0.4, 0.5) is 17.6 Å². The highest BCUT2D eigenvalue weighted by Crippen LogP contribution is 2.49. The molecule has 8 aromatic rings. The number of halogens is 4. The molecule has 0 bridgehead atoms. The van der Waals surface area contributed by atoms with Gasteiger partial charge in [0.05, 0.1) is 22.8 Å². The predicted octanol–water partition coefficient (Wildman–Crippen LogP) is 12.2. The molecule has 2 aromatic heterocycles. The molecule has 6 aromatic carbocycles. The van der Waals surface area contributed by atoms with Gasteiger partial charge in [-0.25, -0.2) is 17.6 Å². The quantitative estimate of drug-likeness (QED) is 0.151. The fourth-order valence-electron chi connectivity index (χ4n) is 6.69. The molecule has 0 saturated carbocycles. The van der Waals surface area contributed by atoms with Gasteiger partial charge in [-0.3, -0.25) is 0 Å². The van der Waals surface area contributed by atoms with Crippen LogP contribution in [-0.4, -0.2) is 9.13 Å². The number of rotatable bonds is 7. The van der Waals surface area contributed by atoms with Crippen LogP contribution >= 0.6 is 0 Å². The third-order valence-corrected chi connectivity index (χ3v) is 8.88. The lowest BCUT2D eigenvalue weighted by Gasteiger charge is -2.18. The van der Waals surface area contributed by atoms with Gasteiger partial charge in [-0.15, -0.1) is 0 Å². The molecule has 0 N–H and O–H groups in total. The van der Waals surface area contributed by atoms with Crippen molar-refractivity contribution in [3.8, 4) is 67.5 Å². The van der Waals surface area contributed by atoms with Crippen LogP contribution in [-0.2, 0) is 0 Å². The molecule has 0 amide bonds. The first-order chi connectivity index (χ1) is 24.5. The average molecular weight is 661 g/mol. The molecular formula is C44H28F4N2. The van der Waals surface area contributed by atoms with E-state index in [2.05, 4.69) is 0 Å². The van der Waals surface area contributed by atoms with Crippen LogP contribution in [0.15, 0.2) is 170 Å². The van der Waals surface area contributed by atoms with E-state index in [-0.39, 0.29) is 11.1 Å². The maximum absolute atomic E-state index is 16.1. The molecule has 2 heterocycles. The summed E-state index contributed by atoms with van der Waals surface area (Å²) in [4.78, 5) is 0. The van der Waals surface area contributed by atoms with Crippen molar-refractivity contribution in [2.45, 2.75) is 0 Å². The highest BCUT2D eigenvalue weighted by molar-refractivity contribution is 5.97. The molecule has 8 rings (SSSR count). The van der Waals surface area contributed by atoms with Crippen LogP contribution in [0.1, 0.15) is 0 Å². The molecule has 242 valence electrons. The minimum absolute atomic E-state index is 0.258. The van der Waals surface area contributed by atoms with Crippen LogP contribution in [0.5, 0.6) is 0 Å². The van der Waals surface area contributed by atoms with Crippen molar-refractivity contribution in [2.24, 2.45) is 0 Å². The van der Waals surface area contributed by atoms with Crippen LogP contribution in [0.2, 0.25) is 0 Å². The summed E-state index contributed by atoms with van der Waals surface area (Å²) in [6, 6.07) is 47.9. The van der Waals surface area contributed by atoms with E-state index in [4.69, 9.17) is 0 Å². The van der Waals surface area contributed by atoms with Gasteiger partial charge in [-0.2, -0.15) is 0 Å². The molecule has 2 nitrogen and oxygen atoms in total. The lowest BCUT2D eigenvalue weighted by atomic mass is 9.97. The monoisotopic (exact) mass is 660 g/mol. The van der Waals surface area contributed by atoms with Gasteiger partial charge in [0, 0.05) is 44.8 Å². The van der Waals surface area contributed by atoms with Gasteiger partial charge in [0.15, 0.2) is 0 Å². The highest BCUT2D eigenvalue weighted by atomic mass is 19.1. The van der Waals surface area contributed by atoms with E-state index >= 15 is 17.6 Å². The molecule has 0 saturated heterocycles. The van der Waals surface area contributed by atoms with Crippen LogP contribution in [0, 0.1) is 23.3 Å². The molecule has 0 unspecified atom stereocenters. The van der Waals surface area contributed by atoms with E-state index in [0.29, 0.717) is 56.4 Å². The number of nitrogens with zero attached hydrogens (tertiary/aromatic N) is 2. The van der Waals surface area contributed by atoms with Crippen molar-refractivity contribution in [1.82, 2.24) is 9.13 Å². The molecule has 0 spiro atoms. The van der Waals surface area contributed by atoms with E-state index in [9.17, 15) is 0 Å². The molecule has 6 heteroatoms. The first-order valence-corrected chi connectivity index (χ1v) is 16.1. The SMILES string of the molecule is Fc1ccccc1-c1cc(-c2cc(-c3ccccc3F)n(-c3ccccc3)c2-c2ccccc2F)c(-c2ccccc2F)n1-c1ccccc1. The standard InChI is InChI=1S/C44H28F4N2/c45-37-23-11-7-19-31(37)41-27-35(43(33-21-9-13-25-39(33)47)49(41)29-15-3-1-4-16-29)36-28-42(32-20-8-12-24-38(32)46)50(30-17-5-2-6-18-30)44(36)34-22-10-14-26-40(34)48/h1-28H. The lowest BCUT2D eigenvalue weighted by Crippen LogP contribution is -2.03. The van der Waals surface area contributed by atoms with Crippen molar-refractivity contribution in [3.05, 3.63) is 193 Å². The summed E-state index contributed by atoms with van der Waals surface area (Å²) in [5.41, 5.74) is 5.22. The predicted molar refractivity (Wildman–Crippen MR) is 192 cm³/mol. The Morgan fingerprint density at radius 1 is 0.280 bits per heavy atom. The van der Waals surface area contributed by atoms with E-state index in [1.54, 1.807) is 72.8 Å². The Morgan fingerprint density at radius 3 is 0.880 bits per heavy atom. The van der Waals surface area contributed by atoms with Gasteiger partial charge in [0.2, 0.25) is 0 Å². The van der Waals surface area contributed by atoms with Crippen molar-refractivity contribution in [1.29, 1.82) is 0 Å². The van der Waals surface area contributed by atoms with Crippen molar-refractivity contribution in [3.63, 3.8) is 0 Å². The normalized spacial score (nSPS) is 11.2. The summed E-state index contributed by atoms with van der Waals surface area (Å²) in [7, 11) is 0. The molecule has 50 heavy (non-hydrogen) atoms. The van der Waals surface area contributed by atoms with E-state index in [1.165, 1.54) is 24.3 Å². The van der Waals surface area contributed by atoms with Gasteiger partial charge in [0.25, 0.3) is 0 Å². The second kappa shape index (κ2) is 12.9. The zero-order valence-electron chi connectivity index (χ0n) is 26.6. The Morgan fingerprint density at radius 2 is 0.560 bits per heavy atom. The molecule has 0 radical (unpaired) electrons. The maximum Gasteiger partial charge on any atom is 0.132 e. The summed E-state index contributed by atoms with van der Waals surface area (Å²) in [6.07, 6.45) is 0. The number of hydrogen-bond acceptors (Lipinski definition) is 0. The molecular weight excluding hydrogens is 632 g/mol. The van der Waals surface area contributed by atoms with Crippen molar-refractivity contribution < 1.29 is 17.6 Å². The van der Waals surface area contributed by atoms with Gasteiger partial charge >= 0.3 is 0 Å². The molecule has 0 atom stereocenters. The van der Waals surface area contributed by atoms with Crippen LogP contribution in [0.3, 0.4) is 0 Å². The van der Waals surface area contributed by atoms with Crippen LogP contribution in [0.25, 0.3) is 67.5 Å². The minimum Gasteiger partial charge on any atom is -0.308 e. The topological polar surface area (TPSA) is 9.86 Å². The zero-order valence-corrected chi connectivity index (χ0v) is 26.6. The average Bonchev–Trinajstić information content (AvgIpc) is 3.73. The van der Waals surface area contributed by atoms with E-state index in [0.717, 1.165) is 0 Å². The molecule has 0 aliphatic heterocycles. The maximum atomic E-state index is 16.1. The highest BCUT2D eigenvalue weighted by Gasteiger charge is 2.30. The van der Waals surface area contributed by atoms with Gasteiger partial charge in [-0.05, 0) is 84.9 Å². The first-order valence-electron chi connectivity index (χ1n) is 16.1. The zero-order chi connectivity index (χ0) is 34.2. The number of para-hydroxylation sites is 2. The third kappa shape index (κ3) is 5.31. The second-order valence-corrected chi connectivity index (χ2v) is 11.8. The fraction of sp³-hybridized carbons (Fsp3) is 0. The molecule has 0 aliphatic carbocycles. The van der Waals surface area contributed by atoms with Gasteiger partial charge < -0.3 is 9.13 Å². The first kappa shape index (κ1) is 30.9. The second-order valence-electron chi connectivity index (χ2n) is 11.8. The fourth-order valence-corrected chi connectivity index (χ4v) is 6.69. The summed E-state index contributed by atoms with van der Waals surface area (Å²) in [5, 5.41) is 0. The Labute approximate surface area is 286 Å². The van der Waals surface area contributed by atoms with Crippen molar-refractivity contribution >= 4 is 0 Å². The van der Waals surface area contributed by atoms with Gasteiger partial charge in [0.1, 0.15) is 23.3 Å². The Kier molecular flexibility index (Phi) is 7.97. The lowest BCUT2D eigenvalue weighted by molar-refractivity contribution is 0.628. The van der Waals surface area contributed by atoms with Crippen molar-refractivity contribution in [2.75, 3.05) is 0 Å². The van der Waals surface area contributed by atoms with E-state index in [1.807, 2.05) is 81.9 Å². The van der Waals surface area contributed by atoms with Gasteiger partial charge in [-0.1, -0.05) is 84.9 Å². The number of benzene rings is 6. The minimum atomic E-state index is -0.492. The number of aromatic nitrogens is 2. The summed E-state index contributed by atoms with van der Waals surface area (Å²) >= 11 is 0. The Balaban J connectivity index is 1.59. The Hall–Kier alpha value is -6.40. The summed E-state index contributed by atoms with van der Waals surface area (Å²) < 4.78 is 67.4. The summed E-state index contributed by atoms with van der Waals surface area (Å²) in [6.45, 7) is 0. The number of hydrogen-bond donors (Lipinski definition) is 0.